The summed E-state index contributed by atoms with van der Waals surface area (Å²) < 4.78 is 16.8. The van der Waals surface area contributed by atoms with Gasteiger partial charge in [-0.1, -0.05) is 104 Å². The van der Waals surface area contributed by atoms with Crippen LogP contribution in [0.25, 0.3) is 11.1 Å². The Morgan fingerprint density at radius 2 is 1.54 bits per heavy atom. The molecule has 1 fully saturated rings. The van der Waals surface area contributed by atoms with E-state index in [0.29, 0.717) is 45.1 Å². The van der Waals surface area contributed by atoms with Gasteiger partial charge >= 0.3 is 18.2 Å². The van der Waals surface area contributed by atoms with E-state index in [1.165, 1.54) is 0 Å². The highest BCUT2D eigenvalue weighted by atomic mass is 16.6. The molecule has 3 atom stereocenters. The van der Waals surface area contributed by atoms with Crippen molar-refractivity contribution in [1.82, 2.24) is 21.3 Å². The maximum Gasteiger partial charge on any atom is 0.407 e. The van der Waals surface area contributed by atoms with E-state index >= 15 is 0 Å². The molecule has 314 valence electrons. The Morgan fingerprint density at radius 1 is 0.847 bits per heavy atom. The van der Waals surface area contributed by atoms with Gasteiger partial charge in [-0.05, 0) is 79.2 Å². The minimum Gasteiger partial charge on any atom is -0.462 e. The number of benzene rings is 3. The number of nitrogens with one attached hydrogen (secondary N) is 4. The van der Waals surface area contributed by atoms with Gasteiger partial charge in [0.2, 0.25) is 11.8 Å². The number of esters is 1. The maximum atomic E-state index is 13.8. The summed E-state index contributed by atoms with van der Waals surface area (Å²) in [5.41, 5.74) is 4.56. The number of fused-ring (bicyclic) bond motifs is 3. The van der Waals surface area contributed by atoms with Crippen LogP contribution < -0.4 is 21.3 Å². The van der Waals surface area contributed by atoms with Crippen molar-refractivity contribution in [2.45, 2.75) is 101 Å². The Balaban J connectivity index is 1.06. The molecule has 5 N–H and O–H groups in total. The van der Waals surface area contributed by atoms with Crippen LogP contribution in [0.1, 0.15) is 93.2 Å². The number of alkyl carbamates (subject to hydrolysis) is 2. The number of allylic oxidation sites excluding steroid dienone is 2. The average molecular weight is 809 g/mol. The van der Waals surface area contributed by atoms with Gasteiger partial charge in [0.25, 0.3) is 0 Å². The van der Waals surface area contributed by atoms with Crippen LogP contribution in [0.5, 0.6) is 0 Å². The fourth-order valence-electron chi connectivity index (χ4n) is 8.18. The van der Waals surface area contributed by atoms with E-state index in [1.807, 2.05) is 78.9 Å². The molecule has 3 aromatic carbocycles. The number of amides is 4. The Bertz CT molecular complexity index is 1880. The lowest BCUT2D eigenvalue weighted by Gasteiger charge is -2.29. The fourth-order valence-corrected chi connectivity index (χ4v) is 8.18. The molecule has 13 heteroatoms. The van der Waals surface area contributed by atoms with E-state index in [-0.39, 0.29) is 63.4 Å². The number of aliphatic hydroxyl groups is 1. The van der Waals surface area contributed by atoms with Crippen LogP contribution in [0.15, 0.2) is 91.0 Å². The van der Waals surface area contributed by atoms with Gasteiger partial charge in [0.05, 0.1) is 24.1 Å². The molecular weight excluding hydrogens is 753 g/mol. The maximum absolute atomic E-state index is 13.8. The molecule has 13 nitrogen and oxygen atoms in total. The molecule has 0 radical (unpaired) electrons. The molecule has 0 bridgehead atoms. The number of cyclic esters (lactones) is 1. The molecule has 1 heterocycles. The van der Waals surface area contributed by atoms with Crippen molar-refractivity contribution in [3.8, 4) is 11.1 Å². The SMILES string of the molecule is O=C(CC1CC=CCCC(NC(=O)OCC2c3ccccc3-c3ccccc32)C(=O)OCC(CCCCNC(=O)OCc2ccccc2)NC1=O)NC1(CO)CCCC1. The molecule has 59 heavy (non-hydrogen) atoms. The number of carbonyl (C=O) groups is 5. The molecule has 6 rings (SSSR count). The second-order valence-electron chi connectivity index (χ2n) is 15.7. The lowest BCUT2D eigenvalue weighted by Crippen LogP contribution is -2.50. The average Bonchev–Trinajstić information content (AvgIpc) is 3.85. The van der Waals surface area contributed by atoms with E-state index in [1.54, 1.807) is 0 Å². The molecule has 0 spiro atoms. The Hall–Kier alpha value is -5.69. The largest absolute Gasteiger partial charge is 0.462 e. The lowest BCUT2D eigenvalue weighted by molar-refractivity contribution is -0.147. The van der Waals surface area contributed by atoms with Gasteiger partial charge in [0.1, 0.15) is 25.9 Å². The Morgan fingerprint density at radius 3 is 2.25 bits per heavy atom. The predicted octanol–water partition coefficient (Wildman–Crippen LogP) is 6.19. The number of hydrogen-bond donors (Lipinski definition) is 5. The molecule has 3 aromatic rings. The van der Waals surface area contributed by atoms with Gasteiger partial charge < -0.3 is 40.6 Å². The first-order valence-electron chi connectivity index (χ1n) is 20.8. The zero-order valence-electron chi connectivity index (χ0n) is 33.5. The van der Waals surface area contributed by atoms with E-state index in [9.17, 15) is 29.1 Å². The van der Waals surface area contributed by atoms with Crippen molar-refractivity contribution in [3.05, 3.63) is 108 Å². The molecule has 4 amide bonds. The third-order valence-electron chi connectivity index (χ3n) is 11.4. The Kier molecular flexibility index (Phi) is 15.5. The van der Waals surface area contributed by atoms with Crippen molar-refractivity contribution in [2.24, 2.45) is 5.92 Å². The van der Waals surface area contributed by atoms with Crippen LogP contribution in [0.4, 0.5) is 9.59 Å². The van der Waals surface area contributed by atoms with Gasteiger partial charge in [0.15, 0.2) is 0 Å². The van der Waals surface area contributed by atoms with Crippen LogP contribution >= 0.6 is 0 Å². The zero-order valence-corrected chi connectivity index (χ0v) is 33.5. The highest BCUT2D eigenvalue weighted by molar-refractivity contribution is 5.87. The lowest BCUT2D eigenvalue weighted by atomic mass is 9.95. The van der Waals surface area contributed by atoms with Crippen molar-refractivity contribution < 1.29 is 43.3 Å². The summed E-state index contributed by atoms with van der Waals surface area (Å²) in [6.45, 7) is 0.246. The second-order valence-corrected chi connectivity index (χ2v) is 15.7. The molecule has 2 aliphatic carbocycles. The van der Waals surface area contributed by atoms with E-state index in [0.717, 1.165) is 40.7 Å². The van der Waals surface area contributed by atoms with Gasteiger partial charge in [-0.25, -0.2) is 14.4 Å². The minimum atomic E-state index is -1.01. The first kappa shape index (κ1) is 42.9. The second kappa shape index (κ2) is 21.4. The first-order valence-corrected chi connectivity index (χ1v) is 20.8. The van der Waals surface area contributed by atoms with Crippen LogP contribution in [0, 0.1) is 5.92 Å². The highest BCUT2D eigenvalue weighted by Crippen LogP contribution is 2.44. The van der Waals surface area contributed by atoms with E-state index in [4.69, 9.17) is 14.2 Å². The number of hydrogen-bond acceptors (Lipinski definition) is 9. The van der Waals surface area contributed by atoms with Crippen molar-refractivity contribution in [2.75, 3.05) is 26.4 Å². The summed E-state index contributed by atoms with van der Waals surface area (Å²) in [7, 11) is 0. The monoisotopic (exact) mass is 808 g/mol. The van der Waals surface area contributed by atoms with Gasteiger partial charge in [-0.3, -0.25) is 9.59 Å². The minimum absolute atomic E-state index is 0.0780. The quantitative estimate of drug-likeness (QED) is 0.0550. The topological polar surface area (TPSA) is 181 Å². The summed E-state index contributed by atoms with van der Waals surface area (Å²) in [5, 5.41) is 21.5. The third kappa shape index (κ3) is 12.2. The normalized spacial score (nSPS) is 20.3. The summed E-state index contributed by atoms with van der Waals surface area (Å²) in [6.07, 6.45) is 7.90. The molecule has 0 saturated heterocycles. The molecular formula is C46H56N4O9. The molecule has 3 aliphatic rings. The smallest absolute Gasteiger partial charge is 0.407 e. The van der Waals surface area contributed by atoms with Crippen molar-refractivity contribution in [1.29, 1.82) is 0 Å². The highest BCUT2D eigenvalue weighted by Gasteiger charge is 2.36. The standard InChI is InChI=1S/C46H56N4O9/c51-31-46(24-12-13-25-46)50-41(52)27-33-17-5-2-6-23-40(49-45(56)59-30-39-37-21-9-7-19-35(37)36-20-8-10-22-38(36)39)43(54)57-29-34(48-42(33)53)18-11-14-26-47-44(55)58-28-32-15-3-1-4-16-32/h1-5,7-10,15-16,19-22,33-34,39-40,51H,6,11-14,17-18,23-31H2,(H,47,55)(H,48,53)(H,49,56)(H,50,52). The van der Waals surface area contributed by atoms with Crippen LogP contribution in [-0.4, -0.2) is 79.1 Å². The van der Waals surface area contributed by atoms with Crippen LogP contribution in [0.3, 0.4) is 0 Å². The summed E-state index contributed by atoms with van der Waals surface area (Å²) in [4.78, 5) is 66.1. The van der Waals surface area contributed by atoms with Crippen LogP contribution in [-0.2, 0) is 35.2 Å². The Labute approximate surface area is 345 Å². The van der Waals surface area contributed by atoms with Crippen molar-refractivity contribution >= 4 is 30.0 Å². The molecule has 3 unspecified atom stereocenters. The summed E-state index contributed by atoms with van der Waals surface area (Å²) >= 11 is 0. The summed E-state index contributed by atoms with van der Waals surface area (Å²) in [5.74, 6) is -2.18. The predicted molar refractivity (Wildman–Crippen MR) is 221 cm³/mol. The molecule has 0 aromatic heterocycles. The zero-order chi connectivity index (χ0) is 41.5. The van der Waals surface area contributed by atoms with Crippen LogP contribution in [0.2, 0.25) is 0 Å². The number of ether oxygens (including phenoxy) is 3. The van der Waals surface area contributed by atoms with Gasteiger partial charge in [0, 0.05) is 18.9 Å². The number of unbranched alkanes of at least 4 members (excludes halogenated alkanes) is 1. The van der Waals surface area contributed by atoms with Gasteiger partial charge in [-0.15, -0.1) is 0 Å². The molecule has 1 saturated carbocycles. The van der Waals surface area contributed by atoms with E-state index in [2.05, 4.69) is 33.4 Å². The third-order valence-corrected chi connectivity index (χ3v) is 11.4. The number of rotatable bonds is 14. The van der Waals surface area contributed by atoms with Crippen molar-refractivity contribution in [3.63, 3.8) is 0 Å². The molecule has 1 aliphatic heterocycles. The van der Waals surface area contributed by atoms with Gasteiger partial charge in [-0.2, -0.15) is 0 Å². The van der Waals surface area contributed by atoms with E-state index < -0.39 is 41.7 Å². The number of carbonyl (C=O) groups excluding carboxylic acids is 5. The first-order chi connectivity index (χ1) is 28.7. The number of aliphatic hydroxyl groups excluding tert-OH is 1. The fraction of sp³-hybridized carbons (Fsp3) is 0.457. The summed E-state index contributed by atoms with van der Waals surface area (Å²) in [6, 6.07) is 23.8.